The Balaban J connectivity index is 2.05. The zero-order chi connectivity index (χ0) is 9.42. The molecule has 2 heterocycles. The molecule has 2 saturated heterocycles. The van der Waals surface area contributed by atoms with Gasteiger partial charge < -0.3 is 19.5 Å². The lowest BCUT2D eigenvalue weighted by atomic mass is 10.0. The van der Waals surface area contributed by atoms with Crippen LogP contribution in [0.15, 0.2) is 0 Å². The summed E-state index contributed by atoms with van der Waals surface area (Å²) in [4.78, 5) is 10.9. The lowest BCUT2D eigenvalue weighted by Gasteiger charge is -2.33. The molecule has 0 aliphatic carbocycles. The van der Waals surface area contributed by atoms with Crippen molar-refractivity contribution < 1.29 is 19.0 Å². The maximum atomic E-state index is 10.9. The Morgan fingerprint density at radius 2 is 2.38 bits per heavy atom. The second-order valence-corrected chi connectivity index (χ2v) is 3.36. The summed E-state index contributed by atoms with van der Waals surface area (Å²) < 4.78 is 15.6. The van der Waals surface area contributed by atoms with E-state index in [2.05, 4.69) is 5.32 Å². The Bertz CT molecular complexity index is 220. The highest BCUT2D eigenvalue weighted by atomic mass is 16.7. The van der Waals surface area contributed by atoms with Gasteiger partial charge in [-0.15, -0.1) is 0 Å². The summed E-state index contributed by atoms with van der Waals surface area (Å²) in [5, 5.41) is 2.73. The van der Waals surface area contributed by atoms with E-state index in [0.717, 1.165) is 0 Å². The molecule has 0 bridgehead atoms. The van der Waals surface area contributed by atoms with Gasteiger partial charge >= 0.3 is 6.09 Å². The van der Waals surface area contributed by atoms with Crippen molar-refractivity contribution in [1.29, 1.82) is 0 Å². The van der Waals surface area contributed by atoms with E-state index in [9.17, 15) is 4.79 Å². The van der Waals surface area contributed by atoms with Crippen molar-refractivity contribution in [3.05, 3.63) is 0 Å². The minimum absolute atomic E-state index is 0.0289. The quantitative estimate of drug-likeness (QED) is 0.639. The summed E-state index contributed by atoms with van der Waals surface area (Å²) in [5.74, 6) is 0. The molecule has 2 aliphatic heterocycles. The molecular formula is C8H13NO4. The lowest BCUT2D eigenvalue weighted by molar-refractivity contribution is -0.204. The van der Waals surface area contributed by atoms with E-state index in [0.29, 0.717) is 6.42 Å². The topological polar surface area (TPSA) is 56.8 Å². The largest absolute Gasteiger partial charge is 0.441 e. The van der Waals surface area contributed by atoms with Gasteiger partial charge in [0.05, 0.1) is 12.1 Å². The Hall–Kier alpha value is -0.810. The van der Waals surface area contributed by atoms with Crippen LogP contribution in [0.3, 0.4) is 0 Å². The number of fused-ring (bicyclic) bond motifs is 1. The number of amides is 1. The number of alkyl carbamates (subject to hydrolysis) is 1. The second-order valence-electron chi connectivity index (χ2n) is 3.36. The molecule has 4 atom stereocenters. The SMILES string of the molecule is COC1CC2NC(=O)OC2C(C)O1. The van der Waals surface area contributed by atoms with Gasteiger partial charge in [0, 0.05) is 13.5 Å². The van der Waals surface area contributed by atoms with Crippen LogP contribution in [0.1, 0.15) is 13.3 Å². The zero-order valence-corrected chi connectivity index (χ0v) is 7.65. The van der Waals surface area contributed by atoms with Crippen molar-refractivity contribution in [3.8, 4) is 0 Å². The standard InChI is InChI=1S/C8H13NO4/c1-4-7-5(9-8(10)13-7)3-6(11-2)12-4/h4-7H,3H2,1-2H3,(H,9,10). The average Bonchev–Trinajstić information content (AvgIpc) is 2.46. The van der Waals surface area contributed by atoms with Gasteiger partial charge in [0.2, 0.25) is 0 Å². The smallest absolute Gasteiger partial charge is 0.407 e. The highest BCUT2D eigenvalue weighted by Crippen LogP contribution is 2.26. The minimum atomic E-state index is -0.359. The van der Waals surface area contributed by atoms with Crippen LogP contribution in [0.4, 0.5) is 4.79 Å². The second kappa shape index (κ2) is 3.16. The fraction of sp³-hybridized carbons (Fsp3) is 0.875. The summed E-state index contributed by atoms with van der Waals surface area (Å²) in [6, 6.07) is 0.0289. The highest BCUT2D eigenvalue weighted by Gasteiger charge is 2.44. The number of rotatable bonds is 1. The van der Waals surface area contributed by atoms with Gasteiger partial charge in [-0.25, -0.2) is 4.79 Å². The van der Waals surface area contributed by atoms with Crippen molar-refractivity contribution >= 4 is 6.09 Å². The Labute approximate surface area is 76.3 Å². The van der Waals surface area contributed by atoms with E-state index in [1.807, 2.05) is 6.92 Å². The Morgan fingerprint density at radius 3 is 3.08 bits per heavy atom. The molecule has 13 heavy (non-hydrogen) atoms. The number of methoxy groups -OCH3 is 1. The van der Waals surface area contributed by atoms with Gasteiger partial charge in [-0.1, -0.05) is 0 Å². The molecule has 0 spiro atoms. The van der Waals surface area contributed by atoms with Crippen molar-refractivity contribution in [2.45, 2.75) is 37.9 Å². The number of nitrogens with one attached hydrogen (secondary N) is 1. The molecule has 5 heteroatoms. The molecule has 2 fully saturated rings. The summed E-state index contributed by atoms with van der Waals surface area (Å²) in [5.41, 5.74) is 0. The predicted octanol–water partition coefficient (Wildman–Crippen LogP) is 0.245. The summed E-state index contributed by atoms with van der Waals surface area (Å²) in [7, 11) is 1.59. The molecule has 0 saturated carbocycles. The predicted molar refractivity (Wildman–Crippen MR) is 43.2 cm³/mol. The van der Waals surface area contributed by atoms with Crippen molar-refractivity contribution in [3.63, 3.8) is 0 Å². The average molecular weight is 187 g/mol. The number of hydrogen-bond acceptors (Lipinski definition) is 4. The molecule has 0 aromatic rings. The molecule has 2 rings (SSSR count). The number of carbonyl (C=O) groups excluding carboxylic acids is 1. The third kappa shape index (κ3) is 1.49. The van der Waals surface area contributed by atoms with Crippen LogP contribution in [0.5, 0.6) is 0 Å². The molecular weight excluding hydrogens is 174 g/mol. The summed E-state index contributed by atoms with van der Waals surface area (Å²) in [6.07, 6.45) is -0.223. The normalized spacial score (nSPS) is 43.7. The molecule has 1 amide bonds. The third-order valence-electron chi connectivity index (χ3n) is 2.48. The van der Waals surface area contributed by atoms with Gasteiger partial charge in [0.15, 0.2) is 6.29 Å². The monoisotopic (exact) mass is 187 g/mol. The van der Waals surface area contributed by atoms with Crippen molar-refractivity contribution in [2.24, 2.45) is 0 Å². The van der Waals surface area contributed by atoms with Crippen LogP contribution >= 0.6 is 0 Å². The summed E-state index contributed by atoms with van der Waals surface area (Å²) >= 11 is 0. The van der Waals surface area contributed by atoms with E-state index in [1.165, 1.54) is 0 Å². The van der Waals surface area contributed by atoms with E-state index >= 15 is 0 Å². The Kier molecular flexibility index (Phi) is 2.13. The molecule has 5 nitrogen and oxygen atoms in total. The van der Waals surface area contributed by atoms with E-state index in [1.54, 1.807) is 7.11 Å². The van der Waals surface area contributed by atoms with Gasteiger partial charge in [-0.2, -0.15) is 0 Å². The zero-order valence-electron chi connectivity index (χ0n) is 7.65. The van der Waals surface area contributed by atoms with Gasteiger partial charge in [0.1, 0.15) is 6.10 Å². The molecule has 2 aliphatic rings. The molecule has 74 valence electrons. The number of ether oxygens (including phenoxy) is 3. The molecule has 0 aromatic heterocycles. The first kappa shape index (κ1) is 8.77. The maximum Gasteiger partial charge on any atom is 0.407 e. The first-order valence-corrected chi connectivity index (χ1v) is 4.36. The molecule has 1 N–H and O–H groups in total. The Morgan fingerprint density at radius 1 is 1.62 bits per heavy atom. The minimum Gasteiger partial charge on any atom is -0.441 e. The van der Waals surface area contributed by atoms with E-state index in [4.69, 9.17) is 14.2 Å². The molecule has 0 aromatic carbocycles. The first-order valence-electron chi connectivity index (χ1n) is 4.36. The summed E-state index contributed by atoms with van der Waals surface area (Å²) in [6.45, 7) is 1.88. The number of carbonyl (C=O) groups is 1. The van der Waals surface area contributed by atoms with Gasteiger partial charge in [-0.3, -0.25) is 0 Å². The van der Waals surface area contributed by atoms with Gasteiger partial charge in [0.25, 0.3) is 0 Å². The fourth-order valence-corrected chi connectivity index (χ4v) is 1.82. The van der Waals surface area contributed by atoms with Crippen LogP contribution in [0.25, 0.3) is 0 Å². The van der Waals surface area contributed by atoms with Crippen LogP contribution in [-0.4, -0.2) is 37.7 Å². The molecule has 0 radical (unpaired) electrons. The first-order chi connectivity index (χ1) is 6.20. The van der Waals surface area contributed by atoms with Crippen molar-refractivity contribution in [2.75, 3.05) is 7.11 Å². The highest BCUT2D eigenvalue weighted by molar-refractivity contribution is 5.70. The molecule has 4 unspecified atom stereocenters. The van der Waals surface area contributed by atoms with E-state index in [-0.39, 0.29) is 30.6 Å². The van der Waals surface area contributed by atoms with Crippen LogP contribution in [-0.2, 0) is 14.2 Å². The van der Waals surface area contributed by atoms with Crippen LogP contribution in [0.2, 0.25) is 0 Å². The lowest BCUT2D eigenvalue weighted by Crippen LogP contribution is -2.48. The fourth-order valence-electron chi connectivity index (χ4n) is 1.82. The van der Waals surface area contributed by atoms with E-state index < -0.39 is 0 Å². The van der Waals surface area contributed by atoms with Crippen LogP contribution in [0, 0.1) is 0 Å². The maximum absolute atomic E-state index is 10.9. The van der Waals surface area contributed by atoms with Crippen LogP contribution < -0.4 is 5.32 Å². The third-order valence-corrected chi connectivity index (χ3v) is 2.48. The van der Waals surface area contributed by atoms with Crippen molar-refractivity contribution in [1.82, 2.24) is 5.32 Å². The number of hydrogen-bond donors (Lipinski definition) is 1. The van der Waals surface area contributed by atoms with Gasteiger partial charge in [-0.05, 0) is 6.92 Å².